The lowest BCUT2D eigenvalue weighted by atomic mass is 9.78. The third-order valence-electron chi connectivity index (χ3n) is 7.23. The molecule has 0 aromatic carbocycles. The Hall–Kier alpha value is -2.10. The first-order valence-corrected chi connectivity index (χ1v) is 13.3. The summed E-state index contributed by atoms with van der Waals surface area (Å²) in [6.07, 6.45) is 3.04. The highest BCUT2D eigenvalue weighted by Crippen LogP contribution is 2.43. The molecule has 0 unspecified atom stereocenters. The number of aromatic nitrogens is 3. The second-order valence-electron chi connectivity index (χ2n) is 9.77. The van der Waals surface area contributed by atoms with Crippen LogP contribution in [0.25, 0.3) is 5.65 Å². The van der Waals surface area contributed by atoms with Gasteiger partial charge in [0.25, 0.3) is 0 Å². The zero-order valence-corrected chi connectivity index (χ0v) is 20.3. The van der Waals surface area contributed by atoms with E-state index in [1.165, 1.54) is 10.6 Å². The molecule has 10 heteroatoms. The van der Waals surface area contributed by atoms with Gasteiger partial charge in [0, 0.05) is 35.8 Å². The normalized spacial score (nSPS) is 26.8. The van der Waals surface area contributed by atoms with E-state index < -0.39 is 27.5 Å². The number of allylic oxidation sites excluding steroid dienone is 1. The van der Waals surface area contributed by atoms with Crippen molar-refractivity contribution in [2.24, 2.45) is 5.92 Å². The van der Waals surface area contributed by atoms with Crippen LogP contribution in [0.4, 0.5) is 13.2 Å². The van der Waals surface area contributed by atoms with Crippen LogP contribution in [0.2, 0.25) is 0 Å². The molecule has 33 heavy (non-hydrogen) atoms. The summed E-state index contributed by atoms with van der Waals surface area (Å²) in [5.41, 5.74) is 3.74. The molecule has 0 N–H and O–H groups in total. The first-order valence-electron chi connectivity index (χ1n) is 11.4. The molecule has 0 amide bonds. The minimum absolute atomic E-state index is 0.0323. The summed E-state index contributed by atoms with van der Waals surface area (Å²) in [6, 6.07) is 1.89. The Balaban J connectivity index is 1.76. The summed E-state index contributed by atoms with van der Waals surface area (Å²) in [6.45, 7) is 6.32. The number of aryl methyl sites for hydroxylation is 1. The number of fused-ring (bicyclic) bond motifs is 1. The summed E-state index contributed by atoms with van der Waals surface area (Å²) >= 11 is 0. The van der Waals surface area contributed by atoms with Crippen molar-refractivity contribution in [1.29, 1.82) is 0 Å². The van der Waals surface area contributed by atoms with Crippen LogP contribution in [0.5, 0.6) is 0 Å². The van der Waals surface area contributed by atoms with Crippen molar-refractivity contribution in [3.8, 4) is 0 Å². The fourth-order valence-corrected chi connectivity index (χ4v) is 6.25. The highest BCUT2D eigenvalue weighted by Gasteiger charge is 2.42. The molecule has 1 saturated carbocycles. The lowest BCUT2D eigenvalue weighted by Gasteiger charge is -2.38. The Bertz CT molecular complexity index is 1180. The van der Waals surface area contributed by atoms with Crippen molar-refractivity contribution in [3.05, 3.63) is 41.0 Å². The van der Waals surface area contributed by atoms with E-state index >= 15 is 0 Å². The molecule has 0 saturated heterocycles. The van der Waals surface area contributed by atoms with Gasteiger partial charge in [0.1, 0.15) is 0 Å². The number of hydrogen-bond donors (Lipinski definition) is 0. The van der Waals surface area contributed by atoms with Gasteiger partial charge in [-0.05, 0) is 51.0 Å². The predicted octanol–water partition coefficient (Wildman–Crippen LogP) is 4.87. The first-order chi connectivity index (χ1) is 15.3. The minimum Gasteiger partial charge on any atom is -0.277 e. The summed E-state index contributed by atoms with van der Waals surface area (Å²) in [4.78, 5) is 4.74. The highest BCUT2D eigenvalue weighted by molar-refractivity contribution is 7.88. The molecule has 1 atom stereocenters. The van der Waals surface area contributed by atoms with E-state index in [9.17, 15) is 21.6 Å². The Labute approximate surface area is 192 Å². The Morgan fingerprint density at radius 3 is 2.45 bits per heavy atom. The maximum absolute atomic E-state index is 13.1. The van der Waals surface area contributed by atoms with Crippen LogP contribution in [0.3, 0.4) is 0 Å². The second kappa shape index (κ2) is 8.29. The van der Waals surface area contributed by atoms with Crippen molar-refractivity contribution in [1.82, 2.24) is 18.9 Å². The van der Waals surface area contributed by atoms with Crippen molar-refractivity contribution in [2.75, 3.05) is 12.8 Å². The standard InChI is InChI=1S/C23H31F3N4O2S/c1-5-18-15(2)27-20-13-19(16-7-9-17(10-8-16)23(24,25)26)28-30(20)21(18)22(3)11-6-12-29(14-22)33(4,31)32/h6,12-13,16-17H,5,7-11,14H2,1-4H3/t16?,17?,22-/m1/s1. The lowest BCUT2D eigenvalue weighted by Crippen LogP contribution is -2.43. The zero-order valence-electron chi connectivity index (χ0n) is 19.5. The van der Waals surface area contributed by atoms with Gasteiger partial charge in [-0.15, -0.1) is 0 Å². The molecule has 0 spiro atoms. The van der Waals surface area contributed by atoms with Crippen LogP contribution in [0, 0.1) is 12.8 Å². The number of rotatable bonds is 4. The summed E-state index contributed by atoms with van der Waals surface area (Å²) in [7, 11) is -3.41. The molecule has 0 bridgehead atoms. The van der Waals surface area contributed by atoms with E-state index in [0.717, 1.165) is 22.6 Å². The van der Waals surface area contributed by atoms with Gasteiger partial charge in [-0.2, -0.15) is 18.3 Å². The SMILES string of the molecule is CCc1c(C)nc2cc(C3CCC(C(F)(F)F)CC3)nn2c1[C@]1(C)CC=CN(S(C)(=O)=O)C1. The number of nitrogens with zero attached hydrogens (tertiary/aromatic N) is 4. The van der Waals surface area contributed by atoms with Crippen LogP contribution in [-0.4, -0.2) is 46.3 Å². The van der Waals surface area contributed by atoms with Crippen LogP contribution in [0.1, 0.15) is 74.5 Å². The lowest BCUT2D eigenvalue weighted by molar-refractivity contribution is -0.182. The Kier molecular flexibility index (Phi) is 6.04. The van der Waals surface area contributed by atoms with Crippen LogP contribution in [0.15, 0.2) is 18.3 Å². The predicted molar refractivity (Wildman–Crippen MR) is 121 cm³/mol. The number of hydrogen-bond acceptors (Lipinski definition) is 4. The van der Waals surface area contributed by atoms with Gasteiger partial charge in [0.2, 0.25) is 10.0 Å². The van der Waals surface area contributed by atoms with Crippen molar-refractivity contribution >= 4 is 15.7 Å². The zero-order chi connectivity index (χ0) is 24.2. The molecule has 3 heterocycles. The van der Waals surface area contributed by atoms with E-state index in [2.05, 4.69) is 0 Å². The topological polar surface area (TPSA) is 67.6 Å². The van der Waals surface area contributed by atoms with Gasteiger partial charge < -0.3 is 0 Å². The Morgan fingerprint density at radius 2 is 1.88 bits per heavy atom. The average molecular weight is 485 g/mol. The fourth-order valence-electron chi connectivity index (χ4n) is 5.42. The van der Waals surface area contributed by atoms with Crippen molar-refractivity contribution in [3.63, 3.8) is 0 Å². The van der Waals surface area contributed by atoms with E-state index in [1.54, 1.807) is 6.20 Å². The van der Waals surface area contributed by atoms with Crippen molar-refractivity contribution in [2.45, 2.75) is 76.8 Å². The van der Waals surface area contributed by atoms with Gasteiger partial charge in [0.05, 0.1) is 23.6 Å². The highest BCUT2D eigenvalue weighted by atomic mass is 32.2. The molecule has 1 fully saturated rings. The molecular weight excluding hydrogens is 453 g/mol. The van der Waals surface area contributed by atoms with Crippen LogP contribution < -0.4 is 0 Å². The molecule has 6 nitrogen and oxygen atoms in total. The Morgan fingerprint density at radius 1 is 1.21 bits per heavy atom. The molecule has 182 valence electrons. The number of halogens is 3. The number of alkyl halides is 3. The van der Waals surface area contributed by atoms with E-state index in [4.69, 9.17) is 10.1 Å². The molecular formula is C23H31F3N4O2S. The summed E-state index contributed by atoms with van der Waals surface area (Å²) in [5, 5.41) is 4.86. The molecule has 2 aromatic heterocycles. The summed E-state index contributed by atoms with van der Waals surface area (Å²) in [5.74, 6) is -1.27. The molecule has 2 aliphatic rings. The molecule has 4 rings (SSSR count). The van der Waals surface area contributed by atoms with Gasteiger partial charge in [-0.1, -0.05) is 19.9 Å². The van der Waals surface area contributed by atoms with Crippen molar-refractivity contribution < 1.29 is 21.6 Å². The van der Waals surface area contributed by atoms with Crippen LogP contribution in [-0.2, 0) is 21.9 Å². The largest absolute Gasteiger partial charge is 0.391 e. The average Bonchev–Trinajstić information content (AvgIpc) is 3.14. The van der Waals surface area contributed by atoms with E-state index in [1.807, 2.05) is 37.4 Å². The molecule has 1 aliphatic carbocycles. The van der Waals surface area contributed by atoms with Gasteiger partial charge in [-0.3, -0.25) is 4.31 Å². The van der Waals surface area contributed by atoms with Gasteiger partial charge >= 0.3 is 6.18 Å². The molecule has 1 aliphatic heterocycles. The fraction of sp³-hybridized carbons (Fsp3) is 0.652. The van der Waals surface area contributed by atoms with Gasteiger partial charge in [0.15, 0.2) is 5.65 Å². The maximum atomic E-state index is 13.1. The molecule has 0 radical (unpaired) electrons. The van der Waals surface area contributed by atoms with Crippen LogP contribution >= 0.6 is 0 Å². The minimum atomic E-state index is -4.14. The van der Waals surface area contributed by atoms with E-state index in [-0.39, 0.29) is 18.8 Å². The smallest absolute Gasteiger partial charge is 0.277 e. The third-order valence-corrected chi connectivity index (χ3v) is 8.33. The maximum Gasteiger partial charge on any atom is 0.391 e. The van der Waals surface area contributed by atoms with E-state index in [0.29, 0.717) is 37.9 Å². The van der Waals surface area contributed by atoms with Gasteiger partial charge in [-0.25, -0.2) is 17.9 Å². The molecule has 2 aromatic rings. The third kappa shape index (κ3) is 4.50. The summed E-state index contributed by atoms with van der Waals surface area (Å²) < 4.78 is 67.0. The quantitative estimate of drug-likeness (QED) is 0.621. The first kappa shape index (κ1) is 24.0. The number of sulfonamides is 1. The monoisotopic (exact) mass is 484 g/mol. The second-order valence-corrected chi connectivity index (χ2v) is 11.7.